The maximum absolute atomic E-state index is 6.16. The van der Waals surface area contributed by atoms with Crippen molar-refractivity contribution in [3.63, 3.8) is 0 Å². The van der Waals surface area contributed by atoms with E-state index in [0.29, 0.717) is 0 Å². The molecule has 0 aliphatic carbocycles. The van der Waals surface area contributed by atoms with Crippen molar-refractivity contribution in [2.75, 3.05) is 0 Å². The minimum Gasteiger partial charge on any atom is -0.0895 e. The van der Waals surface area contributed by atoms with E-state index in [1.54, 1.807) is 0 Å². The zero-order valence-corrected chi connectivity index (χ0v) is 11.6. The number of hydrogen-bond donors (Lipinski definition) is 0. The highest BCUT2D eigenvalue weighted by Crippen LogP contribution is 2.36. The molecule has 0 atom stereocenters. The monoisotopic (exact) mass is 250 g/mol. The molecule has 4 rings (SSSR count). The number of hydrogen-bond acceptors (Lipinski definition) is 0. The van der Waals surface area contributed by atoms with Gasteiger partial charge < -0.3 is 0 Å². The van der Waals surface area contributed by atoms with E-state index in [2.05, 4.69) is 44.2 Å². The summed E-state index contributed by atoms with van der Waals surface area (Å²) in [5.41, 5.74) is 4.10. The van der Waals surface area contributed by atoms with Crippen LogP contribution in [0.2, 0.25) is 0 Å². The molecule has 0 heterocycles. The average molecular weight is 250 g/mol. The second kappa shape index (κ2) is 3.79. The Hall–Kier alpha value is -1.95. The highest BCUT2D eigenvalue weighted by Gasteiger charge is 2.13. The van der Waals surface area contributed by atoms with Crippen molar-refractivity contribution in [1.29, 1.82) is 0 Å². The van der Waals surface area contributed by atoms with E-state index < -0.39 is 0 Å². The summed E-state index contributed by atoms with van der Waals surface area (Å²) in [6.45, 7) is 4.32. The summed E-state index contributed by atoms with van der Waals surface area (Å²) in [5, 5.41) is 7.25. The van der Waals surface area contributed by atoms with E-state index in [9.17, 15) is 0 Å². The van der Waals surface area contributed by atoms with Gasteiger partial charge in [-0.25, -0.2) is 0 Å². The third-order valence-electron chi connectivity index (χ3n) is 4.38. The summed E-state index contributed by atoms with van der Waals surface area (Å²) in [4.78, 5) is 0. The normalized spacial score (nSPS) is 11.9. The Bertz CT molecular complexity index is 830. The summed E-state index contributed by atoms with van der Waals surface area (Å²) in [7, 11) is 12.3. The quantitative estimate of drug-likeness (QED) is 0.332. The highest BCUT2D eigenvalue weighted by molar-refractivity contribution is 6.49. The average Bonchev–Trinajstić information content (AvgIpc) is 2.42. The van der Waals surface area contributed by atoms with Gasteiger partial charge in [0.05, 0.1) is 0 Å². The molecule has 0 N–H and O–H groups in total. The molecule has 0 unspecified atom stereocenters. The zero-order chi connectivity index (χ0) is 14.0. The summed E-state index contributed by atoms with van der Waals surface area (Å²) >= 11 is 0. The van der Waals surface area contributed by atoms with E-state index in [0.717, 1.165) is 21.7 Å². The lowest BCUT2D eigenvalue weighted by Gasteiger charge is -2.17. The number of rotatable bonds is 0. The number of aryl methyl sites for hydroxylation is 2. The fraction of sp³-hybridized carbons (Fsp3) is 0.111. The molecule has 0 aliphatic rings. The summed E-state index contributed by atoms with van der Waals surface area (Å²) in [6, 6.07) is 12.7. The molecule has 4 radical (unpaired) electrons. The van der Waals surface area contributed by atoms with Crippen molar-refractivity contribution in [3.8, 4) is 0 Å². The molecule has 0 fully saturated rings. The van der Waals surface area contributed by atoms with Gasteiger partial charge in [-0.3, -0.25) is 0 Å². The van der Waals surface area contributed by atoms with Crippen LogP contribution in [0.1, 0.15) is 11.1 Å². The molecule has 0 aliphatic heterocycles. The minimum atomic E-state index is 0.753. The molecule has 0 bridgehead atoms. The van der Waals surface area contributed by atoms with Crippen LogP contribution in [0, 0.1) is 13.8 Å². The van der Waals surface area contributed by atoms with Crippen LogP contribution in [-0.4, -0.2) is 15.7 Å². The minimum absolute atomic E-state index is 0.753. The fourth-order valence-electron chi connectivity index (χ4n) is 3.44. The van der Waals surface area contributed by atoms with Gasteiger partial charge in [0, 0.05) is 0 Å². The maximum atomic E-state index is 6.16. The predicted octanol–water partition coefficient (Wildman–Crippen LogP) is 2.79. The molecular formula is C18H12B2. The Labute approximate surface area is 120 Å². The molecular weight excluding hydrogens is 238 g/mol. The Morgan fingerprint density at radius 3 is 1.50 bits per heavy atom. The first-order valence-electron chi connectivity index (χ1n) is 6.80. The highest BCUT2D eigenvalue weighted by atomic mass is 14.2. The van der Waals surface area contributed by atoms with Crippen LogP contribution in [0.5, 0.6) is 0 Å². The summed E-state index contributed by atoms with van der Waals surface area (Å²) < 4.78 is 0. The predicted molar refractivity (Wildman–Crippen MR) is 90.4 cm³/mol. The van der Waals surface area contributed by atoms with Gasteiger partial charge in [0.1, 0.15) is 15.7 Å². The van der Waals surface area contributed by atoms with Gasteiger partial charge in [0.2, 0.25) is 0 Å². The molecule has 0 saturated carbocycles. The van der Waals surface area contributed by atoms with E-state index in [1.807, 2.05) is 6.07 Å². The summed E-state index contributed by atoms with van der Waals surface area (Å²) in [5.74, 6) is 0. The standard InChI is InChI=1S/C18H12B2/c1-9-7-10(2)12-4-6-14-16(20)8-15(19)13-5-3-11(9)17(12)18(13)14/h3-8H,1-2H3. The lowest BCUT2D eigenvalue weighted by Crippen LogP contribution is -2.16. The number of benzene rings is 4. The summed E-state index contributed by atoms with van der Waals surface area (Å²) in [6.07, 6.45) is 0. The van der Waals surface area contributed by atoms with Crippen LogP contribution in [-0.2, 0) is 0 Å². The third kappa shape index (κ3) is 1.34. The van der Waals surface area contributed by atoms with E-state index in [4.69, 9.17) is 15.7 Å². The van der Waals surface area contributed by atoms with Gasteiger partial charge in [-0.15, -0.1) is 0 Å². The Balaban J connectivity index is 2.47. The molecule has 20 heavy (non-hydrogen) atoms. The van der Waals surface area contributed by atoms with Crippen LogP contribution in [0.15, 0.2) is 36.4 Å². The Kier molecular flexibility index (Phi) is 2.24. The van der Waals surface area contributed by atoms with Gasteiger partial charge in [0.25, 0.3) is 0 Å². The molecule has 2 heteroatoms. The van der Waals surface area contributed by atoms with Crippen molar-refractivity contribution >= 4 is 58.9 Å². The van der Waals surface area contributed by atoms with Crippen molar-refractivity contribution in [2.24, 2.45) is 0 Å². The Morgan fingerprint density at radius 2 is 1.00 bits per heavy atom. The maximum Gasteiger partial charge on any atom is 0.114 e. The lowest BCUT2D eigenvalue weighted by atomic mass is 9.78. The molecule has 0 amide bonds. The first-order chi connectivity index (χ1) is 9.58. The van der Waals surface area contributed by atoms with E-state index >= 15 is 0 Å². The zero-order valence-electron chi connectivity index (χ0n) is 11.6. The van der Waals surface area contributed by atoms with Gasteiger partial charge >= 0.3 is 0 Å². The first kappa shape index (κ1) is 11.8. The smallest absolute Gasteiger partial charge is 0.0895 e. The van der Waals surface area contributed by atoms with Crippen molar-refractivity contribution in [2.45, 2.75) is 13.8 Å². The van der Waals surface area contributed by atoms with Crippen LogP contribution < -0.4 is 10.9 Å². The largest absolute Gasteiger partial charge is 0.114 e. The second-order valence-corrected chi connectivity index (χ2v) is 5.64. The van der Waals surface area contributed by atoms with Crippen LogP contribution in [0.4, 0.5) is 0 Å². The van der Waals surface area contributed by atoms with Gasteiger partial charge in [-0.05, 0) is 57.3 Å². The lowest BCUT2D eigenvalue weighted by molar-refractivity contribution is 1.46. The first-order valence-corrected chi connectivity index (χ1v) is 6.80. The van der Waals surface area contributed by atoms with Crippen LogP contribution >= 0.6 is 0 Å². The Morgan fingerprint density at radius 1 is 0.600 bits per heavy atom. The van der Waals surface area contributed by atoms with Crippen molar-refractivity contribution in [1.82, 2.24) is 0 Å². The van der Waals surface area contributed by atoms with E-state index in [-0.39, 0.29) is 0 Å². The van der Waals surface area contributed by atoms with E-state index in [1.165, 1.54) is 32.7 Å². The fourth-order valence-corrected chi connectivity index (χ4v) is 3.44. The van der Waals surface area contributed by atoms with Gasteiger partial charge in [-0.2, -0.15) is 0 Å². The van der Waals surface area contributed by atoms with Crippen molar-refractivity contribution in [3.05, 3.63) is 47.5 Å². The molecule has 4 aromatic carbocycles. The molecule has 90 valence electrons. The second-order valence-electron chi connectivity index (χ2n) is 5.64. The van der Waals surface area contributed by atoms with Crippen LogP contribution in [0.25, 0.3) is 32.3 Å². The molecule has 4 aromatic rings. The molecule has 0 saturated heterocycles. The SMILES string of the molecule is [B]c1cc([B])c2ccc3c(C)cc(C)c4ccc1c2c43. The van der Waals surface area contributed by atoms with Gasteiger partial charge in [-0.1, -0.05) is 47.3 Å². The molecule has 0 nitrogen and oxygen atoms in total. The third-order valence-corrected chi connectivity index (χ3v) is 4.38. The topological polar surface area (TPSA) is 0 Å². The van der Waals surface area contributed by atoms with Gasteiger partial charge in [0.15, 0.2) is 0 Å². The van der Waals surface area contributed by atoms with Crippen LogP contribution in [0.3, 0.4) is 0 Å². The molecule has 0 spiro atoms. The molecule has 0 aromatic heterocycles. The van der Waals surface area contributed by atoms with Crippen molar-refractivity contribution < 1.29 is 0 Å².